The van der Waals surface area contributed by atoms with Gasteiger partial charge in [-0.25, -0.2) is 4.79 Å². The van der Waals surface area contributed by atoms with Crippen molar-refractivity contribution in [3.05, 3.63) is 11.6 Å². The van der Waals surface area contributed by atoms with E-state index in [1.165, 1.54) is 6.42 Å². The van der Waals surface area contributed by atoms with E-state index in [0.29, 0.717) is 18.2 Å². The summed E-state index contributed by atoms with van der Waals surface area (Å²) >= 11 is 0. The molecule has 0 amide bonds. The number of nitrogens with zero attached hydrogens (tertiary/aromatic N) is 1. The average molecular weight is 239 g/mol. The van der Waals surface area contributed by atoms with E-state index < -0.39 is 0 Å². The molecule has 17 heavy (non-hydrogen) atoms. The van der Waals surface area contributed by atoms with Gasteiger partial charge >= 0.3 is 5.97 Å². The number of carbonyl (C=O) groups is 1. The van der Waals surface area contributed by atoms with Crippen LogP contribution in [-0.2, 0) is 9.53 Å². The number of rotatable bonds is 3. The quantitative estimate of drug-likeness (QED) is 0.588. The van der Waals surface area contributed by atoms with Gasteiger partial charge in [-0.05, 0) is 33.2 Å². The van der Waals surface area contributed by atoms with Gasteiger partial charge in [0.1, 0.15) is 0 Å². The summed E-state index contributed by atoms with van der Waals surface area (Å²) < 4.78 is 5.26. The van der Waals surface area contributed by atoms with Gasteiger partial charge in [0.25, 0.3) is 0 Å². The number of esters is 1. The molecule has 2 aliphatic heterocycles. The van der Waals surface area contributed by atoms with Gasteiger partial charge in [0, 0.05) is 24.1 Å². The maximum Gasteiger partial charge on any atom is 0.333 e. The van der Waals surface area contributed by atoms with Crippen molar-refractivity contribution in [3.8, 4) is 0 Å². The SMILES string of the molecule is CC=C(C)C(=O)OCC1C(O)CN2CCCC12. The molecule has 3 atom stereocenters. The van der Waals surface area contributed by atoms with Crippen molar-refractivity contribution >= 4 is 5.97 Å². The van der Waals surface area contributed by atoms with Gasteiger partial charge in [-0.3, -0.25) is 4.90 Å². The highest BCUT2D eigenvalue weighted by Gasteiger charge is 2.43. The van der Waals surface area contributed by atoms with Crippen molar-refractivity contribution < 1.29 is 14.6 Å². The van der Waals surface area contributed by atoms with Gasteiger partial charge in [0.2, 0.25) is 0 Å². The molecular formula is C13H21NO3. The third-order valence-electron chi connectivity index (χ3n) is 3.99. The van der Waals surface area contributed by atoms with E-state index in [1.54, 1.807) is 13.0 Å². The highest BCUT2D eigenvalue weighted by atomic mass is 16.5. The molecule has 3 unspecified atom stereocenters. The molecule has 4 nitrogen and oxygen atoms in total. The number of aliphatic hydroxyl groups is 1. The average Bonchev–Trinajstić information content (AvgIpc) is 2.86. The fourth-order valence-electron chi connectivity index (χ4n) is 2.82. The van der Waals surface area contributed by atoms with Crippen LogP contribution >= 0.6 is 0 Å². The Hall–Kier alpha value is -0.870. The molecule has 96 valence electrons. The molecule has 2 heterocycles. The second-order valence-corrected chi connectivity index (χ2v) is 5.01. The normalized spacial score (nSPS) is 33.8. The smallest absolute Gasteiger partial charge is 0.333 e. The predicted molar refractivity (Wildman–Crippen MR) is 64.5 cm³/mol. The van der Waals surface area contributed by atoms with Crippen LogP contribution in [0.1, 0.15) is 26.7 Å². The first-order valence-electron chi connectivity index (χ1n) is 6.35. The first-order valence-corrected chi connectivity index (χ1v) is 6.35. The van der Waals surface area contributed by atoms with E-state index >= 15 is 0 Å². The third kappa shape index (κ3) is 2.53. The largest absolute Gasteiger partial charge is 0.462 e. The van der Waals surface area contributed by atoms with Crippen molar-refractivity contribution in [3.63, 3.8) is 0 Å². The van der Waals surface area contributed by atoms with Gasteiger partial charge in [-0.2, -0.15) is 0 Å². The monoisotopic (exact) mass is 239 g/mol. The summed E-state index contributed by atoms with van der Waals surface area (Å²) in [6, 6.07) is 0.406. The lowest BCUT2D eigenvalue weighted by Crippen LogP contribution is -2.31. The lowest BCUT2D eigenvalue weighted by molar-refractivity contribution is -0.141. The Labute approximate surface area is 102 Å². The zero-order chi connectivity index (χ0) is 12.4. The lowest BCUT2D eigenvalue weighted by Gasteiger charge is -2.20. The number of hydrogen-bond acceptors (Lipinski definition) is 4. The Bertz CT molecular complexity index is 327. The molecule has 0 aromatic carbocycles. The van der Waals surface area contributed by atoms with Gasteiger partial charge in [-0.1, -0.05) is 6.08 Å². The summed E-state index contributed by atoms with van der Waals surface area (Å²) in [5, 5.41) is 9.96. The van der Waals surface area contributed by atoms with Crippen molar-refractivity contribution in [2.45, 2.75) is 38.8 Å². The van der Waals surface area contributed by atoms with Gasteiger partial charge in [-0.15, -0.1) is 0 Å². The van der Waals surface area contributed by atoms with E-state index in [0.717, 1.165) is 19.5 Å². The molecule has 4 heteroatoms. The molecule has 2 fully saturated rings. The first-order chi connectivity index (χ1) is 8.13. The topological polar surface area (TPSA) is 49.8 Å². The predicted octanol–water partition coefficient (Wildman–Crippen LogP) is 0.951. The zero-order valence-corrected chi connectivity index (χ0v) is 10.6. The number of fused-ring (bicyclic) bond motifs is 1. The van der Waals surface area contributed by atoms with Gasteiger partial charge < -0.3 is 9.84 Å². The molecular weight excluding hydrogens is 218 g/mol. The van der Waals surface area contributed by atoms with E-state index in [4.69, 9.17) is 4.74 Å². The zero-order valence-electron chi connectivity index (χ0n) is 10.6. The molecule has 1 N–H and O–H groups in total. The Morgan fingerprint density at radius 2 is 2.35 bits per heavy atom. The number of ether oxygens (including phenoxy) is 1. The summed E-state index contributed by atoms with van der Waals surface area (Å²) in [5.74, 6) is -0.178. The summed E-state index contributed by atoms with van der Waals surface area (Å²) in [5.41, 5.74) is 0.626. The van der Waals surface area contributed by atoms with Crippen LogP contribution in [0.15, 0.2) is 11.6 Å². The third-order valence-corrected chi connectivity index (χ3v) is 3.99. The molecule has 0 radical (unpaired) electrons. The summed E-state index contributed by atoms with van der Waals surface area (Å²) in [7, 11) is 0. The van der Waals surface area contributed by atoms with Crippen LogP contribution in [0, 0.1) is 5.92 Å². The Kier molecular flexibility index (Phi) is 3.84. The molecule has 2 aliphatic rings. The number of carbonyl (C=O) groups excluding carboxylic acids is 1. The minimum absolute atomic E-state index is 0.0890. The van der Waals surface area contributed by atoms with Gasteiger partial charge in [0.15, 0.2) is 0 Å². The first kappa shape index (κ1) is 12.6. The lowest BCUT2D eigenvalue weighted by atomic mass is 9.97. The van der Waals surface area contributed by atoms with Crippen LogP contribution in [-0.4, -0.2) is 47.8 Å². The number of aliphatic hydroxyl groups excluding tert-OH is 1. The maximum atomic E-state index is 11.5. The Balaban J connectivity index is 1.88. The Morgan fingerprint density at radius 1 is 1.59 bits per heavy atom. The molecule has 0 aromatic heterocycles. The van der Waals surface area contributed by atoms with E-state index in [-0.39, 0.29) is 18.0 Å². The molecule has 2 rings (SSSR count). The highest BCUT2D eigenvalue weighted by molar-refractivity contribution is 5.87. The molecule has 0 saturated carbocycles. The molecule has 0 aliphatic carbocycles. The number of hydrogen-bond donors (Lipinski definition) is 1. The fraction of sp³-hybridized carbons (Fsp3) is 0.769. The maximum absolute atomic E-state index is 11.5. The van der Waals surface area contributed by atoms with Crippen LogP contribution in [0.2, 0.25) is 0 Å². The molecule has 0 bridgehead atoms. The fourth-order valence-corrected chi connectivity index (χ4v) is 2.82. The van der Waals surface area contributed by atoms with Crippen molar-refractivity contribution in [1.29, 1.82) is 0 Å². The van der Waals surface area contributed by atoms with Crippen LogP contribution in [0.3, 0.4) is 0 Å². The summed E-state index contributed by atoms with van der Waals surface area (Å²) in [6.07, 6.45) is 3.70. The van der Waals surface area contributed by atoms with Crippen molar-refractivity contribution in [2.24, 2.45) is 5.92 Å². The van der Waals surface area contributed by atoms with Gasteiger partial charge in [0.05, 0.1) is 12.7 Å². The second kappa shape index (κ2) is 5.19. The van der Waals surface area contributed by atoms with Crippen LogP contribution < -0.4 is 0 Å². The van der Waals surface area contributed by atoms with Crippen molar-refractivity contribution in [1.82, 2.24) is 4.90 Å². The Morgan fingerprint density at radius 3 is 3.06 bits per heavy atom. The standard InChI is InChI=1S/C13H21NO3/c1-3-9(2)13(16)17-8-10-11-5-4-6-14(11)7-12(10)15/h3,10-12,15H,4-8H2,1-2H3. The summed E-state index contributed by atoms with van der Waals surface area (Å²) in [6.45, 7) is 5.71. The minimum atomic E-state index is -0.348. The second-order valence-electron chi connectivity index (χ2n) is 5.01. The molecule has 0 aromatic rings. The highest BCUT2D eigenvalue weighted by Crippen LogP contribution is 2.33. The van der Waals surface area contributed by atoms with Crippen LogP contribution in [0.5, 0.6) is 0 Å². The van der Waals surface area contributed by atoms with E-state index in [9.17, 15) is 9.90 Å². The summed E-state index contributed by atoms with van der Waals surface area (Å²) in [4.78, 5) is 13.9. The van der Waals surface area contributed by atoms with Crippen LogP contribution in [0.25, 0.3) is 0 Å². The van der Waals surface area contributed by atoms with Crippen molar-refractivity contribution in [2.75, 3.05) is 19.7 Å². The minimum Gasteiger partial charge on any atom is -0.462 e. The number of allylic oxidation sites excluding steroid dienone is 1. The van der Waals surface area contributed by atoms with E-state index in [2.05, 4.69) is 4.90 Å². The van der Waals surface area contributed by atoms with E-state index in [1.807, 2.05) is 6.92 Å². The van der Waals surface area contributed by atoms with Crippen LogP contribution in [0.4, 0.5) is 0 Å². The molecule has 2 saturated heterocycles. The molecule has 0 spiro atoms.